The second-order valence-corrected chi connectivity index (χ2v) is 8.98. The zero-order chi connectivity index (χ0) is 23.1. The van der Waals surface area contributed by atoms with Gasteiger partial charge in [0.05, 0.1) is 21.1 Å². The Labute approximate surface area is 186 Å². The minimum atomic E-state index is -3.65. The van der Waals surface area contributed by atoms with Gasteiger partial charge in [-0.25, -0.2) is 13.1 Å². The van der Waals surface area contributed by atoms with Gasteiger partial charge >= 0.3 is 0 Å². The summed E-state index contributed by atoms with van der Waals surface area (Å²) in [5.74, 6) is -0.283. The number of nitro groups is 1. The van der Waals surface area contributed by atoms with Crippen LogP contribution in [-0.2, 0) is 27.8 Å². The van der Waals surface area contributed by atoms with Crippen molar-refractivity contribution in [3.05, 3.63) is 99.6 Å². The summed E-state index contributed by atoms with van der Waals surface area (Å²) in [7, 11) is -3.65. The molecule has 0 aliphatic carbocycles. The average molecular weight is 454 g/mol. The number of benzene rings is 3. The average Bonchev–Trinajstić information content (AvgIpc) is 2.78. The van der Waals surface area contributed by atoms with Gasteiger partial charge < -0.3 is 5.32 Å². The van der Waals surface area contributed by atoms with Crippen molar-refractivity contribution in [3.63, 3.8) is 0 Å². The Bertz CT molecular complexity index is 1210. The highest BCUT2D eigenvalue weighted by Gasteiger charge is 2.16. The third-order valence-corrected chi connectivity index (χ3v) is 6.38. The summed E-state index contributed by atoms with van der Waals surface area (Å²) in [4.78, 5) is 23.0. The second-order valence-electron chi connectivity index (χ2n) is 7.21. The number of hydrogen-bond donors (Lipinski definition) is 2. The lowest BCUT2D eigenvalue weighted by atomic mass is 10.1. The lowest BCUT2D eigenvalue weighted by Gasteiger charge is -2.09. The molecule has 166 valence electrons. The van der Waals surface area contributed by atoms with Gasteiger partial charge in [-0.1, -0.05) is 48.5 Å². The molecule has 1 amide bonds. The topological polar surface area (TPSA) is 118 Å². The van der Waals surface area contributed by atoms with E-state index in [4.69, 9.17) is 0 Å². The number of nitro benzene ring substituents is 1. The summed E-state index contributed by atoms with van der Waals surface area (Å²) in [6.45, 7) is 1.78. The molecule has 2 N–H and O–H groups in total. The predicted octanol–water partition coefficient (Wildman–Crippen LogP) is 3.95. The van der Waals surface area contributed by atoms with Crippen LogP contribution in [0.15, 0.2) is 77.7 Å². The Morgan fingerprint density at radius 3 is 2.28 bits per heavy atom. The summed E-state index contributed by atoms with van der Waals surface area (Å²) in [5.41, 5.74) is 2.40. The quantitative estimate of drug-likeness (QED) is 0.376. The largest absolute Gasteiger partial charge is 0.326 e. The molecule has 0 fully saturated rings. The van der Waals surface area contributed by atoms with Crippen LogP contribution in [0.1, 0.15) is 23.1 Å². The first-order chi connectivity index (χ1) is 15.3. The maximum absolute atomic E-state index is 12.5. The van der Waals surface area contributed by atoms with Gasteiger partial charge in [-0.3, -0.25) is 14.9 Å². The lowest BCUT2D eigenvalue weighted by molar-refractivity contribution is -0.385. The van der Waals surface area contributed by atoms with E-state index in [0.717, 1.165) is 11.1 Å². The zero-order valence-electron chi connectivity index (χ0n) is 17.4. The van der Waals surface area contributed by atoms with E-state index in [1.807, 2.05) is 30.3 Å². The molecule has 8 nitrogen and oxygen atoms in total. The van der Waals surface area contributed by atoms with Crippen molar-refractivity contribution < 1.29 is 18.1 Å². The van der Waals surface area contributed by atoms with E-state index in [-0.39, 0.29) is 29.5 Å². The monoisotopic (exact) mass is 453 g/mol. The fourth-order valence-corrected chi connectivity index (χ4v) is 4.14. The third-order valence-electron chi connectivity index (χ3n) is 4.96. The Morgan fingerprint density at radius 2 is 1.62 bits per heavy atom. The van der Waals surface area contributed by atoms with Crippen LogP contribution in [0, 0.1) is 17.0 Å². The molecule has 3 aromatic rings. The first kappa shape index (κ1) is 23.1. The number of aryl methyl sites for hydroxylation is 1. The van der Waals surface area contributed by atoms with Gasteiger partial charge in [-0.05, 0) is 42.7 Å². The highest BCUT2D eigenvalue weighted by molar-refractivity contribution is 7.89. The normalized spacial score (nSPS) is 11.2. The van der Waals surface area contributed by atoms with Crippen molar-refractivity contribution in [3.8, 4) is 0 Å². The van der Waals surface area contributed by atoms with Crippen molar-refractivity contribution in [2.24, 2.45) is 0 Å². The molecule has 0 spiro atoms. The van der Waals surface area contributed by atoms with E-state index in [2.05, 4.69) is 10.0 Å². The first-order valence-corrected chi connectivity index (χ1v) is 11.4. The molecule has 9 heteroatoms. The van der Waals surface area contributed by atoms with Gasteiger partial charge in [0.1, 0.15) is 0 Å². The second kappa shape index (κ2) is 10.2. The molecule has 0 atom stereocenters. The molecule has 0 aromatic heterocycles. The predicted molar refractivity (Wildman–Crippen MR) is 122 cm³/mol. The highest BCUT2D eigenvalue weighted by Crippen LogP contribution is 2.25. The number of carbonyl (C=O) groups is 1. The minimum Gasteiger partial charge on any atom is -0.326 e. The lowest BCUT2D eigenvalue weighted by Crippen LogP contribution is -2.23. The van der Waals surface area contributed by atoms with Crippen LogP contribution >= 0.6 is 0 Å². The van der Waals surface area contributed by atoms with Crippen LogP contribution < -0.4 is 10.0 Å². The van der Waals surface area contributed by atoms with E-state index < -0.39 is 14.9 Å². The molecule has 32 heavy (non-hydrogen) atoms. The van der Waals surface area contributed by atoms with Crippen LogP contribution in [-0.4, -0.2) is 19.2 Å². The third kappa shape index (κ3) is 5.99. The minimum absolute atomic E-state index is 0.0551. The molecule has 0 aliphatic heterocycles. The van der Waals surface area contributed by atoms with Crippen LogP contribution in [0.4, 0.5) is 11.4 Å². The SMILES string of the molecule is Cc1c(NC(=O)CCc2ccc(S(=O)(=O)NCc3ccccc3)cc2)cccc1[N+](=O)[O-]. The summed E-state index contributed by atoms with van der Waals surface area (Å²) in [5, 5.41) is 13.7. The Balaban J connectivity index is 1.56. The van der Waals surface area contributed by atoms with Crippen molar-refractivity contribution in [2.75, 3.05) is 5.32 Å². The summed E-state index contributed by atoms with van der Waals surface area (Å²) < 4.78 is 27.5. The van der Waals surface area contributed by atoms with Crippen LogP contribution in [0.3, 0.4) is 0 Å². The maximum Gasteiger partial charge on any atom is 0.274 e. The molecule has 0 saturated heterocycles. The van der Waals surface area contributed by atoms with Crippen LogP contribution in [0.2, 0.25) is 0 Å². The molecular formula is C23H23N3O5S. The molecule has 0 bridgehead atoms. The molecule has 0 unspecified atom stereocenters. The number of nitrogens with zero attached hydrogens (tertiary/aromatic N) is 1. The fraction of sp³-hybridized carbons (Fsp3) is 0.174. The Kier molecular flexibility index (Phi) is 7.34. The fourth-order valence-electron chi connectivity index (χ4n) is 3.12. The first-order valence-electron chi connectivity index (χ1n) is 9.92. The number of hydrogen-bond acceptors (Lipinski definition) is 5. The van der Waals surface area contributed by atoms with Crippen molar-refractivity contribution in [1.29, 1.82) is 0 Å². The van der Waals surface area contributed by atoms with Gasteiger partial charge in [-0.2, -0.15) is 0 Å². The molecule has 0 radical (unpaired) electrons. The van der Waals surface area contributed by atoms with E-state index >= 15 is 0 Å². The molecule has 3 aromatic carbocycles. The summed E-state index contributed by atoms with van der Waals surface area (Å²) in [6.07, 6.45) is 0.554. The summed E-state index contributed by atoms with van der Waals surface area (Å²) in [6, 6.07) is 20.1. The number of nitrogens with one attached hydrogen (secondary N) is 2. The Morgan fingerprint density at radius 1 is 0.938 bits per heavy atom. The van der Waals surface area contributed by atoms with Crippen LogP contribution in [0.5, 0.6) is 0 Å². The number of anilines is 1. The number of sulfonamides is 1. The number of carbonyl (C=O) groups excluding carboxylic acids is 1. The van der Waals surface area contributed by atoms with Crippen molar-refractivity contribution in [1.82, 2.24) is 4.72 Å². The van der Waals surface area contributed by atoms with Crippen LogP contribution in [0.25, 0.3) is 0 Å². The van der Waals surface area contributed by atoms with Gasteiger partial charge in [0, 0.05) is 19.0 Å². The molecule has 0 saturated carbocycles. The number of amides is 1. The Hall–Kier alpha value is -3.56. The van der Waals surface area contributed by atoms with E-state index in [0.29, 0.717) is 17.7 Å². The van der Waals surface area contributed by atoms with Crippen molar-refractivity contribution >= 4 is 27.3 Å². The molecular weight excluding hydrogens is 430 g/mol. The van der Waals surface area contributed by atoms with Gasteiger partial charge in [-0.15, -0.1) is 0 Å². The van der Waals surface area contributed by atoms with Gasteiger partial charge in [0.15, 0.2) is 0 Å². The van der Waals surface area contributed by atoms with E-state index in [1.165, 1.54) is 24.3 Å². The molecule has 0 heterocycles. The maximum atomic E-state index is 12.5. The van der Waals surface area contributed by atoms with E-state index in [1.54, 1.807) is 25.1 Å². The van der Waals surface area contributed by atoms with Gasteiger partial charge in [0.25, 0.3) is 5.69 Å². The zero-order valence-corrected chi connectivity index (χ0v) is 18.3. The van der Waals surface area contributed by atoms with Gasteiger partial charge in [0.2, 0.25) is 15.9 Å². The highest BCUT2D eigenvalue weighted by atomic mass is 32.2. The molecule has 3 rings (SSSR count). The standard InChI is InChI=1S/C23H23N3O5S/c1-17-21(8-5-9-22(17)26(28)29)25-23(27)15-12-18-10-13-20(14-11-18)32(30,31)24-16-19-6-3-2-4-7-19/h2-11,13-14,24H,12,15-16H2,1H3,(H,25,27). The number of rotatable bonds is 9. The molecule has 0 aliphatic rings. The van der Waals surface area contributed by atoms with E-state index in [9.17, 15) is 23.3 Å². The smallest absolute Gasteiger partial charge is 0.274 e. The van der Waals surface area contributed by atoms with Crippen molar-refractivity contribution in [2.45, 2.75) is 31.2 Å². The summed E-state index contributed by atoms with van der Waals surface area (Å²) >= 11 is 0.